The first kappa shape index (κ1) is 14.0. The molecule has 0 rings (SSSR count). The number of aliphatic hydroxyl groups excluding tert-OH is 1. The lowest BCUT2D eigenvalue weighted by molar-refractivity contribution is -0.0588. The second kappa shape index (κ2) is 7.31. The van der Waals surface area contributed by atoms with Crippen molar-refractivity contribution in [3.8, 4) is 0 Å². The summed E-state index contributed by atoms with van der Waals surface area (Å²) in [4.78, 5) is 5.31. The first-order valence-electron chi connectivity index (χ1n) is 4.94. The molecule has 0 fully saturated rings. The van der Waals surface area contributed by atoms with Crippen LogP contribution in [0.4, 0.5) is 0 Å². The number of allylic oxidation sites excluding steroid dienone is 1. The largest absolute Gasteiger partial charge is 0.495 e. The summed E-state index contributed by atoms with van der Waals surface area (Å²) in [5, 5.41) is 8.46. The number of rotatable bonds is 6. The van der Waals surface area contributed by atoms with Gasteiger partial charge in [-0.3, -0.25) is 10.3 Å². The van der Waals surface area contributed by atoms with Gasteiger partial charge in [0.1, 0.15) is 12.9 Å². The van der Waals surface area contributed by atoms with E-state index in [4.69, 9.17) is 14.7 Å². The minimum Gasteiger partial charge on any atom is -0.495 e. The van der Waals surface area contributed by atoms with Crippen molar-refractivity contribution in [3.05, 3.63) is 24.1 Å². The zero-order chi connectivity index (χ0) is 11.7. The smallest absolute Gasteiger partial charge is 0.106 e. The second-order valence-corrected chi connectivity index (χ2v) is 4.10. The molecule has 0 saturated heterocycles. The number of aliphatic hydroxyl groups is 1. The number of hydroxylamine groups is 1. The molecule has 88 valence electrons. The van der Waals surface area contributed by atoms with Crippen molar-refractivity contribution in [2.24, 2.45) is 0 Å². The molecule has 0 amide bonds. The average molecular weight is 215 g/mol. The van der Waals surface area contributed by atoms with E-state index in [-0.39, 0.29) is 12.2 Å². The zero-order valence-electron chi connectivity index (χ0n) is 9.91. The van der Waals surface area contributed by atoms with Crippen LogP contribution in [0.2, 0.25) is 0 Å². The van der Waals surface area contributed by atoms with Crippen LogP contribution in [0, 0.1) is 0 Å². The Hall–Kier alpha value is -1.00. The molecule has 2 N–H and O–H groups in total. The summed E-state index contributed by atoms with van der Waals surface area (Å²) in [5.41, 5.74) is 3.34. The molecule has 0 radical (unpaired) electrons. The van der Waals surface area contributed by atoms with Gasteiger partial charge in [-0.15, -0.1) is 0 Å². The van der Waals surface area contributed by atoms with Gasteiger partial charge in [0.2, 0.25) is 0 Å². The SMILES string of the molecule is CC(=COCC=CCO)NOC(C)(C)C. The Balaban J connectivity index is 3.66. The predicted molar refractivity (Wildman–Crippen MR) is 59.9 cm³/mol. The van der Waals surface area contributed by atoms with Crippen molar-refractivity contribution in [1.29, 1.82) is 0 Å². The van der Waals surface area contributed by atoms with E-state index in [1.165, 1.54) is 0 Å². The number of hydrogen-bond donors (Lipinski definition) is 2. The van der Waals surface area contributed by atoms with Crippen molar-refractivity contribution in [1.82, 2.24) is 5.48 Å². The molecule has 0 atom stereocenters. The predicted octanol–water partition coefficient (Wildman–Crippen LogP) is 1.73. The van der Waals surface area contributed by atoms with Gasteiger partial charge in [-0.25, -0.2) is 0 Å². The summed E-state index contributed by atoms with van der Waals surface area (Å²) >= 11 is 0. The van der Waals surface area contributed by atoms with Crippen molar-refractivity contribution in [2.45, 2.75) is 33.3 Å². The fourth-order valence-corrected chi connectivity index (χ4v) is 0.629. The maximum Gasteiger partial charge on any atom is 0.106 e. The molecule has 0 aromatic heterocycles. The fraction of sp³-hybridized carbons (Fsp3) is 0.636. The quantitative estimate of drug-likeness (QED) is 0.307. The van der Waals surface area contributed by atoms with Gasteiger partial charge in [0.15, 0.2) is 0 Å². The lowest BCUT2D eigenvalue weighted by Gasteiger charge is -2.19. The van der Waals surface area contributed by atoms with Gasteiger partial charge in [0.05, 0.1) is 17.9 Å². The highest BCUT2D eigenvalue weighted by Gasteiger charge is 2.09. The second-order valence-electron chi connectivity index (χ2n) is 4.10. The van der Waals surface area contributed by atoms with Crippen LogP contribution in [0.1, 0.15) is 27.7 Å². The van der Waals surface area contributed by atoms with Gasteiger partial charge in [-0.05, 0) is 33.8 Å². The van der Waals surface area contributed by atoms with Gasteiger partial charge in [-0.1, -0.05) is 6.08 Å². The van der Waals surface area contributed by atoms with Crippen LogP contribution in [0.5, 0.6) is 0 Å². The van der Waals surface area contributed by atoms with Crippen LogP contribution >= 0.6 is 0 Å². The molecule has 4 heteroatoms. The minimum absolute atomic E-state index is 0.0391. The molecular formula is C11H21NO3. The number of hydrogen-bond acceptors (Lipinski definition) is 4. The summed E-state index contributed by atoms with van der Waals surface area (Å²) in [6.07, 6.45) is 4.95. The van der Waals surface area contributed by atoms with Crippen LogP contribution in [0.3, 0.4) is 0 Å². The summed E-state index contributed by atoms with van der Waals surface area (Å²) in [6, 6.07) is 0. The first-order valence-corrected chi connectivity index (χ1v) is 4.94. The first-order chi connectivity index (χ1) is 6.95. The highest BCUT2D eigenvalue weighted by Crippen LogP contribution is 2.04. The summed E-state index contributed by atoms with van der Waals surface area (Å²) in [5.74, 6) is 0. The van der Waals surface area contributed by atoms with Gasteiger partial charge < -0.3 is 9.84 Å². The van der Waals surface area contributed by atoms with E-state index in [2.05, 4.69) is 5.48 Å². The van der Waals surface area contributed by atoms with E-state index < -0.39 is 0 Å². The molecule has 0 aromatic rings. The minimum atomic E-state index is -0.230. The number of ether oxygens (including phenoxy) is 1. The fourth-order valence-electron chi connectivity index (χ4n) is 0.629. The number of nitrogens with one attached hydrogen (secondary N) is 1. The van der Waals surface area contributed by atoms with Crippen LogP contribution in [-0.4, -0.2) is 23.9 Å². The Kier molecular flexibility index (Phi) is 6.83. The third-order valence-electron chi connectivity index (χ3n) is 1.24. The van der Waals surface area contributed by atoms with E-state index in [9.17, 15) is 0 Å². The molecule has 0 unspecified atom stereocenters. The lowest BCUT2D eigenvalue weighted by atomic mass is 10.2. The van der Waals surface area contributed by atoms with E-state index in [0.29, 0.717) is 6.61 Å². The molecule has 0 bridgehead atoms. The Morgan fingerprint density at radius 3 is 2.53 bits per heavy atom. The van der Waals surface area contributed by atoms with E-state index in [1.54, 1.807) is 18.4 Å². The monoisotopic (exact) mass is 215 g/mol. The normalized spacial score (nSPS) is 13.3. The standard InChI is InChI=1S/C11H21NO3/c1-10(12-15-11(2,3)4)9-14-8-6-5-7-13/h5-6,9,12-13H,7-8H2,1-4H3. The van der Waals surface area contributed by atoms with Crippen molar-refractivity contribution < 1.29 is 14.7 Å². The van der Waals surface area contributed by atoms with E-state index >= 15 is 0 Å². The lowest BCUT2D eigenvalue weighted by Crippen LogP contribution is -2.28. The Labute approximate surface area is 91.5 Å². The third kappa shape index (κ3) is 10.9. The molecule has 0 saturated carbocycles. The highest BCUT2D eigenvalue weighted by molar-refractivity contribution is 4.88. The summed E-state index contributed by atoms with van der Waals surface area (Å²) in [6.45, 7) is 8.20. The van der Waals surface area contributed by atoms with Gasteiger partial charge in [0.25, 0.3) is 0 Å². The maximum absolute atomic E-state index is 8.46. The molecule has 0 aliphatic heterocycles. The van der Waals surface area contributed by atoms with Gasteiger partial charge in [-0.2, -0.15) is 0 Å². The van der Waals surface area contributed by atoms with E-state index in [1.807, 2.05) is 27.7 Å². The third-order valence-corrected chi connectivity index (χ3v) is 1.24. The maximum atomic E-state index is 8.46. The molecular weight excluding hydrogens is 194 g/mol. The van der Waals surface area contributed by atoms with Crippen molar-refractivity contribution in [3.63, 3.8) is 0 Å². The molecule has 15 heavy (non-hydrogen) atoms. The van der Waals surface area contributed by atoms with Gasteiger partial charge in [0, 0.05) is 0 Å². The summed E-state index contributed by atoms with van der Waals surface area (Å²) in [7, 11) is 0. The Bertz CT molecular complexity index is 216. The van der Waals surface area contributed by atoms with Crippen molar-refractivity contribution in [2.75, 3.05) is 13.2 Å². The molecule has 4 nitrogen and oxygen atoms in total. The molecule has 0 spiro atoms. The van der Waals surface area contributed by atoms with E-state index in [0.717, 1.165) is 5.70 Å². The van der Waals surface area contributed by atoms with Crippen LogP contribution in [-0.2, 0) is 9.57 Å². The van der Waals surface area contributed by atoms with Gasteiger partial charge >= 0.3 is 0 Å². The van der Waals surface area contributed by atoms with Crippen LogP contribution < -0.4 is 5.48 Å². The zero-order valence-corrected chi connectivity index (χ0v) is 9.91. The highest BCUT2D eigenvalue weighted by atomic mass is 16.7. The van der Waals surface area contributed by atoms with Crippen molar-refractivity contribution >= 4 is 0 Å². The topological polar surface area (TPSA) is 50.7 Å². The summed E-state index contributed by atoms with van der Waals surface area (Å²) < 4.78 is 5.16. The average Bonchev–Trinajstić information content (AvgIpc) is 2.13. The van der Waals surface area contributed by atoms with Crippen LogP contribution in [0.25, 0.3) is 0 Å². The molecule has 0 heterocycles. The Morgan fingerprint density at radius 2 is 2.00 bits per heavy atom. The van der Waals surface area contributed by atoms with Crippen LogP contribution in [0.15, 0.2) is 24.1 Å². The molecule has 0 aromatic carbocycles. The Morgan fingerprint density at radius 1 is 1.33 bits per heavy atom. The molecule has 0 aliphatic rings. The molecule has 0 aliphatic carbocycles.